The molecule has 0 aliphatic rings. The van der Waals surface area contributed by atoms with E-state index in [1.54, 1.807) is 0 Å². The van der Waals surface area contributed by atoms with Crippen molar-refractivity contribution in [2.45, 2.75) is 0 Å². The second-order valence-corrected chi connectivity index (χ2v) is 4.17. The zero-order valence-corrected chi connectivity index (χ0v) is 10.7. The molecule has 0 saturated heterocycles. The fourth-order valence-electron chi connectivity index (χ4n) is 1.81. The van der Waals surface area contributed by atoms with Crippen molar-refractivity contribution in [3.05, 3.63) is 48.2 Å². The Labute approximate surface area is 118 Å². The first-order valence-corrected chi connectivity index (χ1v) is 6.00. The van der Waals surface area contributed by atoms with E-state index in [0.29, 0.717) is 5.82 Å². The molecule has 0 fully saturated rings. The van der Waals surface area contributed by atoms with Gasteiger partial charge in [0.15, 0.2) is 5.82 Å². The Morgan fingerprint density at radius 1 is 1.19 bits per heavy atom. The quantitative estimate of drug-likeness (QED) is 0.735. The number of carbonyl (C=O) groups is 1. The minimum atomic E-state index is -1.14. The Morgan fingerprint density at radius 3 is 2.67 bits per heavy atom. The van der Waals surface area contributed by atoms with Crippen molar-refractivity contribution < 1.29 is 9.90 Å². The molecule has 1 aromatic carbocycles. The number of benzene rings is 1. The number of hydrogen-bond acceptors (Lipinski definition) is 6. The number of aromatic carboxylic acids is 1. The zero-order valence-electron chi connectivity index (χ0n) is 10.7. The van der Waals surface area contributed by atoms with Crippen molar-refractivity contribution in [2.24, 2.45) is 0 Å². The first kappa shape index (κ1) is 12.7. The van der Waals surface area contributed by atoms with Crippen LogP contribution >= 0.6 is 0 Å². The van der Waals surface area contributed by atoms with Gasteiger partial charge in [-0.2, -0.15) is 0 Å². The zero-order chi connectivity index (χ0) is 14.8. The summed E-state index contributed by atoms with van der Waals surface area (Å²) in [4.78, 5) is 16.2. The smallest absolute Gasteiger partial charge is 0.337 e. The molecule has 0 aliphatic carbocycles. The Hall–Kier alpha value is -3.29. The summed E-state index contributed by atoms with van der Waals surface area (Å²) in [5.74, 6) is -0.610. The van der Waals surface area contributed by atoms with Gasteiger partial charge in [-0.15, -0.1) is 15.0 Å². The molecule has 0 aliphatic heterocycles. The number of aromatic nitrogens is 5. The summed E-state index contributed by atoms with van der Waals surface area (Å²) in [7, 11) is 0. The SMILES string of the molecule is Nc1c(C(=O)O)ccnc1-n1nnc(-c2ccccc2)n1. The highest BCUT2D eigenvalue weighted by molar-refractivity contribution is 5.95. The first-order valence-electron chi connectivity index (χ1n) is 6.00. The van der Waals surface area contributed by atoms with Crippen LogP contribution in [0.5, 0.6) is 0 Å². The summed E-state index contributed by atoms with van der Waals surface area (Å²) in [6.07, 6.45) is 1.33. The van der Waals surface area contributed by atoms with Gasteiger partial charge in [0.2, 0.25) is 5.82 Å². The third-order valence-electron chi connectivity index (χ3n) is 2.83. The molecule has 104 valence electrons. The molecule has 8 heteroatoms. The Bertz CT molecular complexity index is 799. The molecule has 2 aromatic heterocycles. The van der Waals surface area contributed by atoms with Gasteiger partial charge in [-0.05, 0) is 11.3 Å². The lowest BCUT2D eigenvalue weighted by Crippen LogP contribution is -2.11. The van der Waals surface area contributed by atoms with Crippen LogP contribution < -0.4 is 5.73 Å². The average Bonchev–Trinajstić information content (AvgIpc) is 2.98. The highest BCUT2D eigenvalue weighted by Gasteiger charge is 2.16. The van der Waals surface area contributed by atoms with Crippen LogP contribution in [0.25, 0.3) is 17.2 Å². The number of carboxylic acid groups (broad SMARTS) is 1. The number of hydrogen-bond donors (Lipinski definition) is 2. The molecule has 2 heterocycles. The molecule has 0 saturated carbocycles. The molecule has 3 rings (SSSR count). The maximum Gasteiger partial charge on any atom is 0.337 e. The van der Waals surface area contributed by atoms with E-state index in [9.17, 15) is 4.79 Å². The second-order valence-electron chi connectivity index (χ2n) is 4.17. The largest absolute Gasteiger partial charge is 0.478 e. The Kier molecular flexibility index (Phi) is 3.03. The number of carboxylic acids is 1. The summed E-state index contributed by atoms with van der Waals surface area (Å²) in [5, 5.41) is 21.0. The maximum absolute atomic E-state index is 11.1. The van der Waals surface area contributed by atoms with Gasteiger partial charge in [-0.25, -0.2) is 9.78 Å². The minimum Gasteiger partial charge on any atom is -0.478 e. The molecule has 0 radical (unpaired) electrons. The predicted octanol–water partition coefficient (Wildman–Crippen LogP) is 1.00. The van der Waals surface area contributed by atoms with E-state index in [4.69, 9.17) is 10.8 Å². The number of rotatable bonds is 3. The summed E-state index contributed by atoms with van der Waals surface area (Å²) in [6, 6.07) is 10.6. The second kappa shape index (κ2) is 5.00. The third-order valence-corrected chi connectivity index (χ3v) is 2.83. The monoisotopic (exact) mass is 282 g/mol. The van der Waals surface area contributed by atoms with Crippen LogP contribution in [0.3, 0.4) is 0 Å². The molecule has 0 amide bonds. The first-order chi connectivity index (χ1) is 10.2. The number of nitrogen functional groups attached to an aromatic ring is 1. The lowest BCUT2D eigenvalue weighted by molar-refractivity contribution is 0.0698. The van der Waals surface area contributed by atoms with Crippen molar-refractivity contribution in [1.29, 1.82) is 0 Å². The summed E-state index contributed by atoms with van der Waals surface area (Å²) in [5.41, 5.74) is 6.51. The molecule has 3 aromatic rings. The normalized spacial score (nSPS) is 10.5. The van der Waals surface area contributed by atoms with Gasteiger partial charge in [0.25, 0.3) is 0 Å². The van der Waals surface area contributed by atoms with Crippen molar-refractivity contribution in [3.8, 4) is 17.2 Å². The van der Waals surface area contributed by atoms with Crippen molar-refractivity contribution in [2.75, 3.05) is 5.73 Å². The molecule has 0 unspecified atom stereocenters. The van der Waals surface area contributed by atoms with E-state index in [1.807, 2.05) is 30.3 Å². The van der Waals surface area contributed by atoms with Crippen LogP contribution in [0.4, 0.5) is 5.69 Å². The minimum absolute atomic E-state index is 0.0120. The lowest BCUT2D eigenvalue weighted by atomic mass is 10.2. The molecule has 3 N–H and O–H groups in total. The fourth-order valence-corrected chi connectivity index (χ4v) is 1.81. The Morgan fingerprint density at radius 2 is 1.95 bits per heavy atom. The van der Waals surface area contributed by atoms with Crippen LogP contribution in [0, 0.1) is 0 Å². The van der Waals surface area contributed by atoms with Gasteiger partial charge in [0.05, 0.1) is 11.3 Å². The molecule has 0 spiro atoms. The van der Waals surface area contributed by atoms with Crippen molar-refractivity contribution in [3.63, 3.8) is 0 Å². The molecular formula is C13H10N6O2. The highest BCUT2D eigenvalue weighted by Crippen LogP contribution is 2.19. The van der Waals surface area contributed by atoms with E-state index in [-0.39, 0.29) is 17.1 Å². The molecule has 0 atom stereocenters. The summed E-state index contributed by atoms with van der Waals surface area (Å²) in [6.45, 7) is 0. The number of tetrazole rings is 1. The molecule has 8 nitrogen and oxygen atoms in total. The third kappa shape index (κ3) is 2.29. The summed E-state index contributed by atoms with van der Waals surface area (Å²) >= 11 is 0. The van der Waals surface area contributed by atoms with Gasteiger partial charge in [-0.3, -0.25) is 0 Å². The van der Waals surface area contributed by atoms with Crippen LogP contribution in [-0.4, -0.2) is 36.3 Å². The molecule has 0 bridgehead atoms. The standard InChI is InChI=1S/C13H10N6O2/c14-10-9(13(20)21)6-7-15-12(10)19-17-11(16-18-19)8-4-2-1-3-5-8/h1-7H,14H2,(H,20,21). The van der Waals surface area contributed by atoms with E-state index in [2.05, 4.69) is 20.4 Å². The molecular weight excluding hydrogens is 272 g/mol. The van der Waals surface area contributed by atoms with Crippen molar-refractivity contribution in [1.82, 2.24) is 25.2 Å². The van der Waals surface area contributed by atoms with E-state index >= 15 is 0 Å². The topological polar surface area (TPSA) is 120 Å². The number of pyridine rings is 1. The van der Waals surface area contributed by atoms with Gasteiger partial charge < -0.3 is 10.8 Å². The highest BCUT2D eigenvalue weighted by atomic mass is 16.4. The van der Waals surface area contributed by atoms with Gasteiger partial charge >= 0.3 is 5.97 Å². The van der Waals surface area contributed by atoms with Crippen LogP contribution in [-0.2, 0) is 0 Å². The van der Waals surface area contributed by atoms with E-state index in [0.717, 1.165) is 10.4 Å². The number of nitrogens with two attached hydrogens (primary N) is 1. The van der Waals surface area contributed by atoms with Crippen LogP contribution in [0.15, 0.2) is 42.6 Å². The number of anilines is 1. The van der Waals surface area contributed by atoms with E-state index in [1.165, 1.54) is 12.3 Å². The Balaban J connectivity index is 2.05. The fraction of sp³-hybridized carbons (Fsp3) is 0. The van der Waals surface area contributed by atoms with Gasteiger partial charge in [-0.1, -0.05) is 30.3 Å². The van der Waals surface area contributed by atoms with Crippen LogP contribution in [0.1, 0.15) is 10.4 Å². The molecule has 21 heavy (non-hydrogen) atoms. The summed E-state index contributed by atoms with van der Waals surface area (Å²) < 4.78 is 0. The maximum atomic E-state index is 11.1. The van der Waals surface area contributed by atoms with Crippen molar-refractivity contribution >= 4 is 11.7 Å². The average molecular weight is 282 g/mol. The number of nitrogens with zero attached hydrogens (tertiary/aromatic N) is 5. The van der Waals surface area contributed by atoms with Crippen LogP contribution in [0.2, 0.25) is 0 Å². The van der Waals surface area contributed by atoms with Gasteiger partial charge in [0, 0.05) is 11.8 Å². The van der Waals surface area contributed by atoms with Gasteiger partial charge in [0.1, 0.15) is 0 Å². The van der Waals surface area contributed by atoms with E-state index < -0.39 is 5.97 Å². The lowest BCUT2D eigenvalue weighted by Gasteiger charge is -2.04. The predicted molar refractivity (Wildman–Crippen MR) is 73.8 cm³/mol.